The summed E-state index contributed by atoms with van der Waals surface area (Å²) in [6.45, 7) is 2.74. The van der Waals surface area contributed by atoms with Gasteiger partial charge in [0.25, 0.3) is 0 Å². The molecule has 1 amide bonds. The maximum absolute atomic E-state index is 12.5. The van der Waals surface area contributed by atoms with Crippen LogP contribution in [-0.2, 0) is 34.1 Å². The van der Waals surface area contributed by atoms with E-state index in [9.17, 15) is 13.2 Å². The summed E-state index contributed by atoms with van der Waals surface area (Å²) in [6.07, 6.45) is 3.19. The van der Waals surface area contributed by atoms with Crippen LogP contribution in [-0.4, -0.2) is 51.6 Å². The van der Waals surface area contributed by atoms with Gasteiger partial charge in [0, 0.05) is 45.9 Å². The molecular formula is C23H30N4O3S. The normalized spacial score (nSPS) is 13.7. The van der Waals surface area contributed by atoms with Crippen LogP contribution < -0.4 is 10.6 Å². The highest BCUT2D eigenvalue weighted by Crippen LogP contribution is 2.22. The molecule has 0 fully saturated rings. The molecule has 1 heterocycles. The molecule has 7 nitrogen and oxygen atoms in total. The van der Waals surface area contributed by atoms with Crippen molar-refractivity contribution in [1.29, 1.82) is 0 Å². The lowest BCUT2D eigenvalue weighted by Crippen LogP contribution is -2.39. The Labute approximate surface area is 184 Å². The Kier molecular flexibility index (Phi) is 7.68. The van der Waals surface area contributed by atoms with Gasteiger partial charge in [-0.2, -0.15) is 0 Å². The van der Waals surface area contributed by atoms with Gasteiger partial charge in [0.15, 0.2) is 15.8 Å². The van der Waals surface area contributed by atoms with Crippen LogP contribution in [0.25, 0.3) is 0 Å². The van der Waals surface area contributed by atoms with Crippen LogP contribution in [0.3, 0.4) is 0 Å². The van der Waals surface area contributed by atoms with E-state index in [1.807, 2.05) is 29.2 Å². The van der Waals surface area contributed by atoms with E-state index in [4.69, 9.17) is 0 Å². The van der Waals surface area contributed by atoms with Crippen molar-refractivity contribution in [2.75, 3.05) is 26.4 Å². The fraction of sp³-hybridized carbons (Fsp3) is 0.391. The standard InChI is InChI=1S/C23H30N4O3S/c1-24-23(26-15-13-18-9-11-21(12-10-18)31(2,29)30)25-14-5-8-22(28)27-16-19-6-3-4-7-20(19)17-27/h3-4,6-7,9-12H,5,8,13-17H2,1-2H3,(H2,24,25,26). The minimum Gasteiger partial charge on any atom is -0.356 e. The number of nitrogens with zero attached hydrogens (tertiary/aromatic N) is 2. The van der Waals surface area contributed by atoms with Crippen LogP contribution >= 0.6 is 0 Å². The molecule has 3 rings (SSSR count). The van der Waals surface area contributed by atoms with Crippen molar-refractivity contribution in [1.82, 2.24) is 15.5 Å². The summed E-state index contributed by atoms with van der Waals surface area (Å²) in [6, 6.07) is 15.1. The zero-order valence-electron chi connectivity index (χ0n) is 18.1. The van der Waals surface area contributed by atoms with Crippen molar-refractivity contribution in [3.05, 3.63) is 65.2 Å². The molecule has 0 radical (unpaired) electrons. The van der Waals surface area contributed by atoms with Gasteiger partial charge in [0.05, 0.1) is 4.90 Å². The van der Waals surface area contributed by atoms with E-state index in [0.717, 1.165) is 18.4 Å². The summed E-state index contributed by atoms with van der Waals surface area (Å²) in [5.41, 5.74) is 3.53. The Balaban J connectivity index is 1.33. The molecule has 1 aliphatic rings. The molecule has 8 heteroatoms. The van der Waals surface area contributed by atoms with Crippen molar-refractivity contribution in [2.24, 2.45) is 4.99 Å². The van der Waals surface area contributed by atoms with Gasteiger partial charge in [0.2, 0.25) is 5.91 Å². The monoisotopic (exact) mass is 442 g/mol. The van der Waals surface area contributed by atoms with E-state index in [2.05, 4.69) is 27.8 Å². The van der Waals surface area contributed by atoms with Gasteiger partial charge < -0.3 is 15.5 Å². The van der Waals surface area contributed by atoms with Crippen LogP contribution in [0.15, 0.2) is 58.4 Å². The molecule has 2 aromatic carbocycles. The molecular weight excluding hydrogens is 412 g/mol. The molecule has 2 aromatic rings. The minimum atomic E-state index is -3.17. The number of carbonyl (C=O) groups is 1. The molecule has 31 heavy (non-hydrogen) atoms. The first-order valence-electron chi connectivity index (χ1n) is 10.4. The van der Waals surface area contributed by atoms with Gasteiger partial charge in [-0.3, -0.25) is 9.79 Å². The fourth-order valence-corrected chi connectivity index (χ4v) is 4.19. The molecule has 0 unspecified atom stereocenters. The number of fused-ring (bicyclic) bond motifs is 1. The molecule has 0 spiro atoms. The minimum absolute atomic E-state index is 0.179. The van der Waals surface area contributed by atoms with E-state index in [-0.39, 0.29) is 5.91 Å². The van der Waals surface area contributed by atoms with Gasteiger partial charge in [0.1, 0.15) is 0 Å². The highest BCUT2D eigenvalue weighted by molar-refractivity contribution is 7.90. The number of amides is 1. The number of sulfone groups is 1. The number of hydrogen-bond donors (Lipinski definition) is 2. The van der Waals surface area contributed by atoms with Gasteiger partial charge >= 0.3 is 0 Å². The smallest absolute Gasteiger partial charge is 0.223 e. The second-order valence-electron chi connectivity index (χ2n) is 7.71. The van der Waals surface area contributed by atoms with E-state index < -0.39 is 9.84 Å². The van der Waals surface area contributed by atoms with Crippen LogP contribution in [0, 0.1) is 0 Å². The van der Waals surface area contributed by atoms with E-state index in [1.54, 1.807) is 19.2 Å². The Morgan fingerprint density at radius 1 is 1.00 bits per heavy atom. The molecule has 0 saturated heterocycles. The number of hydrogen-bond acceptors (Lipinski definition) is 4. The van der Waals surface area contributed by atoms with Gasteiger partial charge in [-0.1, -0.05) is 36.4 Å². The lowest BCUT2D eigenvalue weighted by atomic mass is 10.1. The second-order valence-corrected chi connectivity index (χ2v) is 9.73. The topological polar surface area (TPSA) is 90.9 Å². The molecule has 0 saturated carbocycles. The van der Waals surface area contributed by atoms with Crippen LogP contribution in [0.2, 0.25) is 0 Å². The first-order chi connectivity index (χ1) is 14.9. The third-order valence-corrected chi connectivity index (χ3v) is 6.46. The van der Waals surface area contributed by atoms with E-state index in [0.29, 0.717) is 43.5 Å². The third-order valence-electron chi connectivity index (χ3n) is 5.33. The van der Waals surface area contributed by atoms with Crippen molar-refractivity contribution >= 4 is 21.7 Å². The van der Waals surface area contributed by atoms with Crippen molar-refractivity contribution in [2.45, 2.75) is 37.2 Å². The number of benzene rings is 2. The molecule has 0 aliphatic carbocycles. The van der Waals surface area contributed by atoms with Crippen molar-refractivity contribution < 1.29 is 13.2 Å². The Hall–Kier alpha value is -2.87. The summed E-state index contributed by atoms with van der Waals surface area (Å²) < 4.78 is 23.0. The largest absolute Gasteiger partial charge is 0.356 e. The Morgan fingerprint density at radius 2 is 1.61 bits per heavy atom. The summed E-state index contributed by atoms with van der Waals surface area (Å²) in [5.74, 6) is 0.868. The molecule has 0 atom stereocenters. The van der Waals surface area contributed by atoms with Crippen molar-refractivity contribution in [3.63, 3.8) is 0 Å². The molecule has 2 N–H and O–H groups in total. The number of carbonyl (C=O) groups excluding carboxylic acids is 1. The van der Waals surface area contributed by atoms with E-state index >= 15 is 0 Å². The number of aliphatic imine (C=N–C) groups is 1. The second kappa shape index (κ2) is 10.4. The zero-order chi connectivity index (χ0) is 22.3. The quantitative estimate of drug-likeness (QED) is 0.371. The van der Waals surface area contributed by atoms with Crippen molar-refractivity contribution in [3.8, 4) is 0 Å². The first kappa shape index (κ1) is 22.8. The van der Waals surface area contributed by atoms with Gasteiger partial charge in [-0.15, -0.1) is 0 Å². The molecule has 1 aliphatic heterocycles. The maximum atomic E-state index is 12.5. The SMILES string of the molecule is CN=C(NCCCC(=O)N1Cc2ccccc2C1)NCCc1ccc(S(C)(=O)=O)cc1. The number of nitrogens with one attached hydrogen (secondary N) is 2. The molecule has 0 bridgehead atoms. The Bertz CT molecular complexity index is 1010. The predicted octanol–water partition coefficient (Wildman–Crippen LogP) is 2.12. The number of guanidine groups is 1. The highest BCUT2D eigenvalue weighted by atomic mass is 32.2. The summed E-state index contributed by atoms with van der Waals surface area (Å²) >= 11 is 0. The Morgan fingerprint density at radius 3 is 2.19 bits per heavy atom. The highest BCUT2D eigenvalue weighted by Gasteiger charge is 2.22. The predicted molar refractivity (Wildman–Crippen MR) is 123 cm³/mol. The third kappa shape index (κ3) is 6.55. The molecule has 166 valence electrons. The lowest BCUT2D eigenvalue weighted by Gasteiger charge is -2.16. The van der Waals surface area contributed by atoms with Crippen LogP contribution in [0.1, 0.15) is 29.5 Å². The average molecular weight is 443 g/mol. The van der Waals surface area contributed by atoms with Gasteiger partial charge in [-0.25, -0.2) is 8.42 Å². The summed E-state index contributed by atoms with van der Waals surface area (Å²) in [4.78, 5) is 18.9. The van der Waals surface area contributed by atoms with Crippen LogP contribution in [0.5, 0.6) is 0 Å². The van der Waals surface area contributed by atoms with Crippen LogP contribution in [0.4, 0.5) is 0 Å². The molecule has 0 aromatic heterocycles. The zero-order valence-corrected chi connectivity index (χ0v) is 18.9. The number of rotatable bonds is 8. The van der Waals surface area contributed by atoms with E-state index in [1.165, 1.54) is 17.4 Å². The van der Waals surface area contributed by atoms with Gasteiger partial charge in [-0.05, 0) is 41.7 Å². The summed E-state index contributed by atoms with van der Waals surface area (Å²) in [5, 5.41) is 6.48. The first-order valence-corrected chi connectivity index (χ1v) is 12.3. The average Bonchev–Trinajstić information content (AvgIpc) is 3.19. The summed E-state index contributed by atoms with van der Waals surface area (Å²) in [7, 11) is -1.46. The lowest BCUT2D eigenvalue weighted by molar-refractivity contribution is -0.131. The maximum Gasteiger partial charge on any atom is 0.223 e. The fourth-order valence-electron chi connectivity index (χ4n) is 3.56.